The number of anilines is 1. The molecule has 1 N–H and O–H groups in total. The first-order valence-electron chi connectivity index (χ1n) is 13.8. The molecule has 0 unspecified atom stereocenters. The smallest absolute Gasteiger partial charge is 0.238 e. The number of amides is 2. The van der Waals surface area contributed by atoms with E-state index in [-0.39, 0.29) is 35.0 Å². The number of carbonyl (C=O) groups excluding carboxylic acids is 4. The van der Waals surface area contributed by atoms with Crippen molar-refractivity contribution in [1.82, 2.24) is 0 Å². The SMILES string of the molecule is CC1=C(C)C(=O)[C@@]2(C)[C@@H](c3cc(C)c(O)c(C)c3)C3=CC[C@@H]4C(=O)N(c5ccc(I)cc5)C(=O)[C@@H]4[C@@H]3C[C@H]2C1=O. The van der Waals surface area contributed by atoms with Crippen LogP contribution in [-0.2, 0) is 19.2 Å². The Hall–Kier alpha value is -3.07. The molecule has 6 nitrogen and oxygen atoms in total. The number of carbonyl (C=O) groups is 4. The van der Waals surface area contributed by atoms with Gasteiger partial charge in [-0.1, -0.05) is 30.7 Å². The van der Waals surface area contributed by atoms with Gasteiger partial charge >= 0.3 is 0 Å². The number of halogens is 1. The molecule has 206 valence electrons. The van der Waals surface area contributed by atoms with E-state index in [0.29, 0.717) is 40.8 Å². The lowest BCUT2D eigenvalue weighted by molar-refractivity contribution is -0.142. The highest BCUT2D eigenvalue weighted by Gasteiger charge is 2.64. The Morgan fingerprint density at radius 2 is 1.52 bits per heavy atom. The monoisotopic (exact) mass is 649 g/mol. The maximum absolute atomic E-state index is 14.1. The Kier molecular flexibility index (Phi) is 6.25. The average molecular weight is 650 g/mol. The largest absolute Gasteiger partial charge is 0.507 e. The van der Waals surface area contributed by atoms with E-state index in [1.807, 2.05) is 45.0 Å². The fourth-order valence-electron chi connectivity index (χ4n) is 7.96. The van der Waals surface area contributed by atoms with Crippen molar-refractivity contribution in [2.45, 2.75) is 53.4 Å². The molecule has 0 spiro atoms. The summed E-state index contributed by atoms with van der Waals surface area (Å²) in [5, 5.41) is 10.5. The van der Waals surface area contributed by atoms with Crippen LogP contribution in [0, 0.1) is 46.5 Å². The minimum Gasteiger partial charge on any atom is -0.507 e. The quantitative estimate of drug-likeness (QED) is 0.246. The van der Waals surface area contributed by atoms with Gasteiger partial charge in [0.05, 0.1) is 22.9 Å². The molecule has 3 aliphatic carbocycles. The molecular formula is C33H32INO5. The standard InChI is InChI=1S/C33H32INO5/c1-15-12-19(13-16(2)28(15)36)27-22-10-11-23-26(32(40)35(31(23)39)21-8-6-20(34)7-9-21)24(22)14-25-29(37)17(3)18(4)30(38)33(25,27)5/h6-10,12-13,23-27,36H,11,14H2,1-5H3/t23-,24+,25-,26-,27-,33+/m0/s1. The maximum atomic E-state index is 14.1. The van der Waals surface area contributed by atoms with Gasteiger partial charge in [-0.15, -0.1) is 0 Å². The van der Waals surface area contributed by atoms with Crippen LogP contribution < -0.4 is 4.90 Å². The number of benzene rings is 2. The summed E-state index contributed by atoms with van der Waals surface area (Å²) in [6, 6.07) is 11.2. The van der Waals surface area contributed by atoms with Gasteiger partial charge in [0, 0.05) is 15.4 Å². The third kappa shape index (κ3) is 3.58. The lowest BCUT2D eigenvalue weighted by atomic mass is 9.46. The number of ketones is 2. The van der Waals surface area contributed by atoms with Crippen LogP contribution in [0.2, 0.25) is 0 Å². The number of hydrogen-bond donors (Lipinski definition) is 1. The average Bonchev–Trinajstić information content (AvgIpc) is 3.18. The Bertz CT molecular complexity index is 1560. The van der Waals surface area contributed by atoms with Crippen molar-refractivity contribution in [3.05, 3.63) is 79.5 Å². The van der Waals surface area contributed by atoms with Crippen molar-refractivity contribution in [3.63, 3.8) is 0 Å². The van der Waals surface area contributed by atoms with Crippen molar-refractivity contribution in [3.8, 4) is 5.75 Å². The van der Waals surface area contributed by atoms with Crippen molar-refractivity contribution in [2.75, 3.05) is 4.90 Å². The first kappa shape index (κ1) is 27.1. The second kappa shape index (κ2) is 9.23. The predicted molar refractivity (Wildman–Crippen MR) is 160 cm³/mol. The zero-order valence-corrected chi connectivity index (χ0v) is 25.4. The van der Waals surface area contributed by atoms with E-state index in [0.717, 1.165) is 14.7 Å². The molecule has 1 aliphatic heterocycles. The van der Waals surface area contributed by atoms with Crippen LogP contribution in [-0.4, -0.2) is 28.5 Å². The molecule has 2 amide bonds. The van der Waals surface area contributed by atoms with Crippen LogP contribution in [0.3, 0.4) is 0 Å². The first-order chi connectivity index (χ1) is 18.9. The van der Waals surface area contributed by atoms with E-state index in [1.165, 1.54) is 4.90 Å². The third-order valence-electron chi connectivity index (χ3n) is 10.1. The molecular weight excluding hydrogens is 617 g/mol. The highest BCUT2D eigenvalue weighted by Crippen LogP contribution is 2.63. The van der Waals surface area contributed by atoms with Gasteiger partial charge < -0.3 is 5.11 Å². The number of phenolic OH excluding ortho intramolecular Hbond substituents is 1. The Balaban J connectivity index is 1.53. The third-order valence-corrected chi connectivity index (χ3v) is 10.8. The summed E-state index contributed by atoms with van der Waals surface area (Å²) in [5.74, 6) is -2.82. The number of aryl methyl sites for hydroxylation is 2. The molecule has 6 atom stereocenters. The zero-order valence-electron chi connectivity index (χ0n) is 23.2. The summed E-state index contributed by atoms with van der Waals surface area (Å²) in [6.45, 7) is 9.02. The summed E-state index contributed by atoms with van der Waals surface area (Å²) in [6.07, 6.45) is 2.83. The molecule has 2 aromatic rings. The van der Waals surface area contributed by atoms with Crippen molar-refractivity contribution >= 4 is 51.7 Å². The number of hydrogen-bond acceptors (Lipinski definition) is 5. The molecule has 2 aromatic carbocycles. The summed E-state index contributed by atoms with van der Waals surface area (Å²) in [7, 11) is 0. The Labute approximate surface area is 247 Å². The molecule has 1 saturated carbocycles. The van der Waals surface area contributed by atoms with Crippen LogP contribution in [0.25, 0.3) is 0 Å². The van der Waals surface area contributed by atoms with Gasteiger partial charge in [0.25, 0.3) is 0 Å². The first-order valence-corrected chi connectivity index (χ1v) is 14.9. The van der Waals surface area contributed by atoms with Crippen molar-refractivity contribution in [1.29, 1.82) is 0 Å². The second-order valence-corrected chi connectivity index (χ2v) is 13.4. The molecule has 2 fully saturated rings. The second-order valence-electron chi connectivity index (χ2n) is 12.1. The molecule has 4 aliphatic rings. The lowest BCUT2D eigenvalue weighted by Gasteiger charge is -2.54. The number of allylic oxidation sites excluding steroid dienone is 4. The topological polar surface area (TPSA) is 91.8 Å². The molecule has 1 saturated heterocycles. The summed E-state index contributed by atoms with van der Waals surface area (Å²) in [5.41, 5.74) is 3.71. The summed E-state index contributed by atoms with van der Waals surface area (Å²) >= 11 is 2.19. The van der Waals surface area contributed by atoms with Gasteiger partial charge in [-0.3, -0.25) is 24.1 Å². The highest BCUT2D eigenvalue weighted by molar-refractivity contribution is 14.1. The van der Waals surface area contributed by atoms with Crippen molar-refractivity contribution in [2.24, 2.45) is 29.1 Å². The van der Waals surface area contributed by atoms with E-state index in [9.17, 15) is 24.3 Å². The number of aromatic hydroxyl groups is 1. The maximum Gasteiger partial charge on any atom is 0.238 e. The summed E-state index contributed by atoms with van der Waals surface area (Å²) in [4.78, 5) is 57.1. The molecule has 0 bridgehead atoms. The van der Waals surface area contributed by atoms with Gasteiger partial charge in [-0.25, -0.2) is 0 Å². The van der Waals surface area contributed by atoms with Gasteiger partial charge in [0.2, 0.25) is 11.8 Å². The van der Waals surface area contributed by atoms with E-state index in [4.69, 9.17) is 0 Å². The fourth-order valence-corrected chi connectivity index (χ4v) is 8.32. The summed E-state index contributed by atoms with van der Waals surface area (Å²) < 4.78 is 1.01. The minimum atomic E-state index is -1.03. The van der Waals surface area contributed by atoms with Gasteiger partial charge in [-0.2, -0.15) is 0 Å². The molecule has 7 heteroatoms. The molecule has 40 heavy (non-hydrogen) atoms. The molecule has 6 rings (SSSR count). The number of phenols is 1. The Morgan fingerprint density at radius 3 is 2.15 bits per heavy atom. The molecule has 1 heterocycles. The van der Waals surface area contributed by atoms with Crippen LogP contribution in [0.1, 0.15) is 56.2 Å². The van der Waals surface area contributed by atoms with E-state index in [2.05, 4.69) is 28.7 Å². The Morgan fingerprint density at radius 1 is 0.900 bits per heavy atom. The van der Waals surface area contributed by atoms with E-state index < -0.39 is 29.1 Å². The molecule has 0 aromatic heterocycles. The van der Waals surface area contributed by atoms with Crippen LogP contribution in [0.4, 0.5) is 5.69 Å². The normalized spacial score (nSPS) is 31.7. The lowest BCUT2D eigenvalue weighted by Crippen LogP contribution is -2.55. The van der Waals surface area contributed by atoms with Crippen LogP contribution in [0.15, 0.2) is 59.2 Å². The zero-order chi connectivity index (χ0) is 28.8. The highest BCUT2D eigenvalue weighted by atomic mass is 127. The fraction of sp³-hybridized carbons (Fsp3) is 0.394. The van der Waals surface area contributed by atoms with E-state index >= 15 is 0 Å². The van der Waals surface area contributed by atoms with Crippen LogP contribution >= 0.6 is 22.6 Å². The van der Waals surface area contributed by atoms with Crippen molar-refractivity contribution < 1.29 is 24.3 Å². The number of nitrogens with zero attached hydrogens (tertiary/aromatic N) is 1. The van der Waals surface area contributed by atoms with Gasteiger partial charge in [-0.05, 0) is 121 Å². The number of Topliss-reactive ketones (excluding diaryl/α,β-unsaturated/α-hetero) is 2. The minimum absolute atomic E-state index is 0.0428. The van der Waals surface area contributed by atoms with Gasteiger partial charge in [0.1, 0.15) is 5.75 Å². The van der Waals surface area contributed by atoms with E-state index in [1.54, 1.807) is 26.0 Å². The van der Waals surface area contributed by atoms with Crippen LogP contribution in [0.5, 0.6) is 5.75 Å². The number of imide groups is 1. The molecule has 0 radical (unpaired) electrons. The number of rotatable bonds is 2. The van der Waals surface area contributed by atoms with Gasteiger partial charge in [0.15, 0.2) is 11.6 Å². The predicted octanol–water partition coefficient (Wildman–Crippen LogP) is 5.96. The number of fused-ring (bicyclic) bond motifs is 4.